The Morgan fingerprint density at radius 2 is 2.11 bits per heavy atom. The molecule has 1 atom stereocenters. The number of thioether (sulfide) groups is 1. The van der Waals surface area contributed by atoms with Crippen molar-refractivity contribution < 1.29 is 23.9 Å². The number of ether oxygens (including phenoxy) is 2. The Balaban J connectivity index is 1.82. The summed E-state index contributed by atoms with van der Waals surface area (Å²) in [4.78, 5) is 59.6. The number of hydrogen-bond acceptors (Lipinski definition) is 10. The highest BCUT2D eigenvalue weighted by Gasteiger charge is 2.36. The van der Waals surface area contributed by atoms with Gasteiger partial charge in [0, 0.05) is 39.5 Å². The van der Waals surface area contributed by atoms with Crippen LogP contribution in [0, 0.1) is 0 Å². The molecule has 4 heterocycles. The third-order valence-electron chi connectivity index (χ3n) is 5.82. The second-order valence-corrected chi connectivity index (χ2v) is 9.72. The van der Waals surface area contributed by atoms with E-state index in [1.807, 2.05) is 0 Å². The second-order valence-electron chi connectivity index (χ2n) is 8.04. The highest BCUT2D eigenvalue weighted by atomic mass is 32.2. The molecule has 36 heavy (non-hydrogen) atoms. The van der Waals surface area contributed by atoms with Crippen molar-refractivity contribution in [2.75, 3.05) is 45.4 Å². The fraction of sp³-hybridized carbons (Fsp3) is 0.391. The molecule has 0 aromatic carbocycles. The first-order valence-corrected chi connectivity index (χ1v) is 12.4. The summed E-state index contributed by atoms with van der Waals surface area (Å²) in [6, 6.07) is 4.18. The number of thiocarbonyl (C=S) groups is 1. The van der Waals surface area contributed by atoms with Crippen molar-refractivity contribution in [3.63, 3.8) is 0 Å². The number of fused-ring (bicyclic) bond motifs is 1. The van der Waals surface area contributed by atoms with E-state index in [1.54, 1.807) is 36.4 Å². The number of carbonyl (C=O) groups is 3. The number of aromatic nitrogens is 2. The van der Waals surface area contributed by atoms with Crippen molar-refractivity contribution in [3.8, 4) is 0 Å². The van der Waals surface area contributed by atoms with E-state index in [9.17, 15) is 19.2 Å². The molecule has 190 valence electrons. The van der Waals surface area contributed by atoms with E-state index >= 15 is 0 Å². The molecule has 0 unspecified atom stereocenters. The summed E-state index contributed by atoms with van der Waals surface area (Å²) in [7, 11) is 2.83. The van der Waals surface area contributed by atoms with Crippen molar-refractivity contribution >= 4 is 63.6 Å². The molecule has 2 aliphatic heterocycles. The zero-order valence-electron chi connectivity index (χ0n) is 19.8. The molecule has 0 spiro atoms. The number of rotatable bonds is 8. The fourth-order valence-electron chi connectivity index (χ4n) is 4.04. The molecule has 2 aromatic heterocycles. The van der Waals surface area contributed by atoms with Crippen LogP contribution in [0.1, 0.15) is 18.4 Å². The minimum atomic E-state index is -0.931. The van der Waals surface area contributed by atoms with Gasteiger partial charge < -0.3 is 19.7 Å². The van der Waals surface area contributed by atoms with Crippen molar-refractivity contribution in [2.45, 2.75) is 18.9 Å². The lowest BCUT2D eigenvalue weighted by Crippen LogP contribution is -2.57. The summed E-state index contributed by atoms with van der Waals surface area (Å²) in [5, 5.41) is 2.74. The lowest BCUT2D eigenvalue weighted by atomic mass is 10.1. The van der Waals surface area contributed by atoms with E-state index in [1.165, 1.54) is 22.5 Å². The van der Waals surface area contributed by atoms with Crippen LogP contribution in [0.25, 0.3) is 11.7 Å². The number of nitrogens with one attached hydrogen (secondary N) is 1. The number of hydrogen-bond donors (Lipinski definition) is 1. The van der Waals surface area contributed by atoms with Crippen LogP contribution >= 0.6 is 24.0 Å². The van der Waals surface area contributed by atoms with Crippen LogP contribution < -0.4 is 15.8 Å². The molecule has 11 nitrogen and oxygen atoms in total. The van der Waals surface area contributed by atoms with Crippen LogP contribution in [0.2, 0.25) is 0 Å². The average Bonchev–Trinajstić information content (AvgIpc) is 3.14. The normalized spacial score (nSPS) is 19.3. The Labute approximate surface area is 216 Å². The molecule has 2 fully saturated rings. The monoisotopic (exact) mass is 531 g/mol. The molecule has 2 aromatic rings. The lowest BCUT2D eigenvalue weighted by Gasteiger charge is -2.36. The van der Waals surface area contributed by atoms with Crippen LogP contribution in [0.3, 0.4) is 0 Å². The van der Waals surface area contributed by atoms with Crippen molar-refractivity contribution in [3.05, 3.63) is 45.2 Å². The SMILES string of the molecule is COCCCN1C(=O)/C(=C/c2c(N3CCNC(=O)[C@@H]3CC(=O)OC)nc3ccccn3c2=O)SC1=S. The summed E-state index contributed by atoms with van der Waals surface area (Å²) < 4.78 is 11.6. The molecule has 0 radical (unpaired) electrons. The van der Waals surface area contributed by atoms with E-state index in [-0.39, 0.29) is 34.5 Å². The molecule has 0 aliphatic carbocycles. The number of pyridine rings is 1. The van der Waals surface area contributed by atoms with Crippen LogP contribution in [0.5, 0.6) is 0 Å². The second kappa shape index (κ2) is 11.2. The predicted molar refractivity (Wildman–Crippen MR) is 139 cm³/mol. The first-order valence-electron chi connectivity index (χ1n) is 11.2. The molecule has 0 bridgehead atoms. The van der Waals surface area contributed by atoms with Gasteiger partial charge in [0.05, 0.1) is 24.0 Å². The van der Waals surface area contributed by atoms with Crippen molar-refractivity contribution in [1.29, 1.82) is 0 Å². The maximum Gasteiger partial charge on any atom is 0.308 e. The third kappa shape index (κ3) is 5.13. The number of methoxy groups -OCH3 is 2. The molecular formula is C23H25N5O6S2. The van der Waals surface area contributed by atoms with E-state index in [0.29, 0.717) is 42.6 Å². The van der Waals surface area contributed by atoms with E-state index in [2.05, 4.69) is 10.3 Å². The fourth-order valence-corrected chi connectivity index (χ4v) is 5.33. The van der Waals surface area contributed by atoms with Gasteiger partial charge in [-0.05, 0) is 24.6 Å². The zero-order chi connectivity index (χ0) is 25.8. The first kappa shape index (κ1) is 25.8. The Morgan fingerprint density at radius 1 is 1.31 bits per heavy atom. The largest absolute Gasteiger partial charge is 0.469 e. The summed E-state index contributed by atoms with van der Waals surface area (Å²) >= 11 is 6.50. The van der Waals surface area contributed by atoms with Crippen LogP contribution in [-0.2, 0) is 23.9 Å². The topological polar surface area (TPSA) is 123 Å². The molecule has 2 amide bonds. The Bertz CT molecular complexity index is 1310. The molecule has 1 N–H and O–H groups in total. The number of nitrogens with zero attached hydrogens (tertiary/aromatic N) is 4. The summed E-state index contributed by atoms with van der Waals surface area (Å²) in [5.74, 6) is -1.05. The molecule has 4 rings (SSSR count). The Kier molecular flexibility index (Phi) is 8.01. The van der Waals surface area contributed by atoms with E-state index < -0.39 is 17.6 Å². The Morgan fingerprint density at radius 3 is 2.86 bits per heavy atom. The summed E-state index contributed by atoms with van der Waals surface area (Å²) in [5.41, 5.74) is 0.0771. The lowest BCUT2D eigenvalue weighted by molar-refractivity contribution is -0.143. The van der Waals surface area contributed by atoms with Crippen molar-refractivity contribution in [1.82, 2.24) is 19.6 Å². The maximum atomic E-state index is 13.6. The molecule has 0 saturated carbocycles. The number of anilines is 1. The van der Waals surface area contributed by atoms with Crippen molar-refractivity contribution in [2.24, 2.45) is 0 Å². The first-order chi connectivity index (χ1) is 17.3. The van der Waals surface area contributed by atoms with Gasteiger partial charge >= 0.3 is 5.97 Å². The predicted octanol–water partition coefficient (Wildman–Crippen LogP) is 0.800. The molecule has 13 heteroatoms. The van der Waals surface area contributed by atoms with Gasteiger partial charge in [-0.2, -0.15) is 0 Å². The van der Waals surface area contributed by atoms with Crippen LogP contribution in [-0.4, -0.2) is 82.9 Å². The zero-order valence-corrected chi connectivity index (χ0v) is 21.4. The minimum absolute atomic E-state index is 0.126. The minimum Gasteiger partial charge on any atom is -0.469 e. The summed E-state index contributed by atoms with van der Waals surface area (Å²) in [6.07, 6.45) is 3.44. The van der Waals surface area contributed by atoms with E-state index in [0.717, 1.165) is 11.8 Å². The maximum absolute atomic E-state index is 13.6. The smallest absolute Gasteiger partial charge is 0.308 e. The third-order valence-corrected chi connectivity index (χ3v) is 7.20. The molecule has 2 aliphatic rings. The van der Waals surface area contributed by atoms with Gasteiger partial charge in [-0.15, -0.1) is 0 Å². The van der Waals surface area contributed by atoms with Crippen LogP contribution in [0.15, 0.2) is 34.1 Å². The summed E-state index contributed by atoms with van der Waals surface area (Å²) in [6.45, 7) is 1.48. The van der Waals surface area contributed by atoms with Gasteiger partial charge in [0.15, 0.2) is 0 Å². The van der Waals surface area contributed by atoms with Gasteiger partial charge in [-0.25, -0.2) is 4.98 Å². The molecule has 2 saturated heterocycles. The van der Waals surface area contributed by atoms with Gasteiger partial charge in [0.25, 0.3) is 11.5 Å². The average molecular weight is 532 g/mol. The van der Waals surface area contributed by atoms with Gasteiger partial charge in [0.2, 0.25) is 5.91 Å². The standard InChI is InChI=1S/C23H25N5O6S2/c1-33-11-5-9-28-22(32)16(36-23(28)35)12-14-19(25-17-6-3-4-8-27(17)21(14)31)26-10-7-24-20(30)15(26)13-18(29)34-2/h3-4,6,8,12,15H,5,7,9-11,13H2,1-2H3,(H,24,30)/b16-12-/t15-/m0/s1. The number of carbonyl (C=O) groups excluding carboxylic acids is 3. The van der Waals surface area contributed by atoms with E-state index in [4.69, 9.17) is 21.7 Å². The quantitative estimate of drug-likeness (QED) is 0.227. The Hall–Kier alpha value is -3.29. The van der Waals surface area contributed by atoms with Gasteiger partial charge in [-0.3, -0.25) is 28.5 Å². The highest BCUT2D eigenvalue weighted by Crippen LogP contribution is 2.34. The molecular weight excluding hydrogens is 506 g/mol. The van der Waals surface area contributed by atoms with Gasteiger partial charge in [0.1, 0.15) is 21.8 Å². The van der Waals surface area contributed by atoms with Crippen LogP contribution in [0.4, 0.5) is 5.82 Å². The van der Waals surface area contributed by atoms with Gasteiger partial charge in [-0.1, -0.05) is 30.0 Å². The number of esters is 1. The number of piperazine rings is 1. The number of amides is 2. The highest BCUT2D eigenvalue weighted by molar-refractivity contribution is 8.26.